The molecular formula is C29H30F5N3O4. The van der Waals surface area contributed by atoms with Crippen molar-refractivity contribution in [1.82, 2.24) is 14.9 Å². The van der Waals surface area contributed by atoms with Crippen LogP contribution in [0.5, 0.6) is 0 Å². The Bertz CT molecular complexity index is 1310. The van der Waals surface area contributed by atoms with Gasteiger partial charge in [-0.1, -0.05) is 12.1 Å². The number of aliphatic hydroxyl groups is 1. The molecule has 2 aromatic carbocycles. The molecular weight excluding hydrogens is 549 g/mol. The van der Waals surface area contributed by atoms with Crippen molar-refractivity contribution in [3.05, 3.63) is 94.0 Å². The summed E-state index contributed by atoms with van der Waals surface area (Å²) in [6.45, 7) is -1.67. The molecule has 3 aliphatic rings. The Balaban J connectivity index is 1.79. The molecule has 0 spiro atoms. The highest BCUT2D eigenvalue weighted by atomic mass is 19.4. The SMILES string of the molecule is COCCCC1N(CC(F)(F)F)C(=O)/C2=C(\O)COC/C=C\N2N1C1c2ccc(F)cc2CCc2cc(F)ccc21. The summed E-state index contributed by atoms with van der Waals surface area (Å²) < 4.78 is 81.4. The zero-order chi connectivity index (χ0) is 29.3. The van der Waals surface area contributed by atoms with Gasteiger partial charge in [-0.05, 0) is 78.3 Å². The van der Waals surface area contributed by atoms with E-state index in [1.165, 1.54) is 42.6 Å². The summed E-state index contributed by atoms with van der Waals surface area (Å²) in [4.78, 5) is 14.5. The number of hydrazine groups is 1. The highest BCUT2D eigenvalue weighted by Gasteiger charge is 2.50. The number of carbonyl (C=O) groups is 1. The average molecular weight is 580 g/mol. The molecule has 5 rings (SSSR count). The van der Waals surface area contributed by atoms with Crippen molar-refractivity contribution in [2.45, 2.75) is 44.1 Å². The Morgan fingerprint density at radius 3 is 2.27 bits per heavy atom. The van der Waals surface area contributed by atoms with Crippen LogP contribution in [-0.4, -0.2) is 71.7 Å². The minimum Gasteiger partial charge on any atom is -0.507 e. The third kappa shape index (κ3) is 5.95. The number of nitrogens with zero attached hydrogens (tertiary/aromatic N) is 3. The van der Waals surface area contributed by atoms with Crippen LogP contribution in [0, 0.1) is 11.6 Å². The number of aliphatic hydroxyl groups excluding tert-OH is 1. The molecule has 1 amide bonds. The minimum atomic E-state index is -4.75. The normalized spacial score (nSPS) is 22.9. The second kappa shape index (κ2) is 11.8. The van der Waals surface area contributed by atoms with Crippen LogP contribution in [0.4, 0.5) is 22.0 Å². The van der Waals surface area contributed by atoms with Crippen LogP contribution in [0.3, 0.4) is 0 Å². The summed E-state index contributed by atoms with van der Waals surface area (Å²) in [5.74, 6) is -2.50. The quantitative estimate of drug-likeness (QED) is 0.378. The summed E-state index contributed by atoms with van der Waals surface area (Å²) >= 11 is 0. The van der Waals surface area contributed by atoms with E-state index in [1.54, 1.807) is 23.2 Å². The predicted octanol–water partition coefficient (Wildman–Crippen LogP) is 5.14. The van der Waals surface area contributed by atoms with Gasteiger partial charge in [0.2, 0.25) is 0 Å². The van der Waals surface area contributed by atoms with Crippen molar-refractivity contribution >= 4 is 5.91 Å². The van der Waals surface area contributed by atoms with Crippen molar-refractivity contribution in [1.29, 1.82) is 0 Å². The van der Waals surface area contributed by atoms with E-state index in [4.69, 9.17) is 9.47 Å². The van der Waals surface area contributed by atoms with E-state index in [0.717, 1.165) is 0 Å². The lowest BCUT2D eigenvalue weighted by molar-refractivity contribution is -0.199. The molecule has 0 radical (unpaired) electrons. The summed E-state index contributed by atoms with van der Waals surface area (Å²) in [5.41, 5.74) is 2.02. The van der Waals surface area contributed by atoms with Gasteiger partial charge in [-0.15, -0.1) is 0 Å². The molecule has 12 heteroatoms. The first kappa shape index (κ1) is 29.0. The van der Waals surface area contributed by atoms with Crippen molar-refractivity contribution in [3.8, 4) is 0 Å². The third-order valence-corrected chi connectivity index (χ3v) is 7.47. The first-order valence-electron chi connectivity index (χ1n) is 13.3. The number of alkyl halides is 3. The fraction of sp³-hybridized carbons (Fsp3) is 0.414. The minimum absolute atomic E-state index is 0.0741. The lowest BCUT2D eigenvalue weighted by atomic mass is 9.92. The maximum Gasteiger partial charge on any atom is 0.406 e. The molecule has 1 unspecified atom stereocenters. The van der Waals surface area contributed by atoms with Crippen LogP contribution in [0.2, 0.25) is 0 Å². The number of methoxy groups -OCH3 is 1. The topological polar surface area (TPSA) is 65.5 Å². The molecule has 0 bridgehead atoms. The molecule has 0 saturated carbocycles. The van der Waals surface area contributed by atoms with E-state index >= 15 is 0 Å². The standard InChI is InChI=1S/C29H30F5N3O4/c1-40-12-2-4-25-35(17-29(32,33)34)28(39)27-24(38)16-41-13-3-11-36(27)37(25)26-22-9-7-20(30)14-18(22)5-6-19-15-21(31)8-10-23(19)26/h3,7-11,14-15,25-26,38H,2,4-6,12-13,16-17H2,1H3/b11-3-,27-24+. The van der Waals surface area contributed by atoms with Gasteiger partial charge in [0.15, 0.2) is 5.70 Å². The second-order valence-corrected chi connectivity index (χ2v) is 10.2. The Morgan fingerprint density at radius 2 is 1.68 bits per heavy atom. The van der Waals surface area contributed by atoms with E-state index in [9.17, 15) is 31.9 Å². The van der Waals surface area contributed by atoms with E-state index in [1.807, 2.05) is 0 Å². The van der Waals surface area contributed by atoms with Crippen molar-refractivity contribution < 1.29 is 41.3 Å². The third-order valence-electron chi connectivity index (χ3n) is 7.47. The number of amides is 1. The molecule has 41 heavy (non-hydrogen) atoms. The molecule has 2 aliphatic heterocycles. The number of halogens is 5. The van der Waals surface area contributed by atoms with Gasteiger partial charge in [-0.3, -0.25) is 9.80 Å². The fourth-order valence-electron chi connectivity index (χ4n) is 5.82. The zero-order valence-corrected chi connectivity index (χ0v) is 22.3. The van der Waals surface area contributed by atoms with Crippen molar-refractivity contribution in [2.75, 3.05) is 33.5 Å². The highest BCUT2D eigenvalue weighted by Crippen LogP contribution is 2.44. The van der Waals surface area contributed by atoms with Gasteiger partial charge >= 0.3 is 6.18 Å². The number of hydrogen-bond acceptors (Lipinski definition) is 6. The molecule has 1 atom stereocenters. The molecule has 2 aromatic rings. The summed E-state index contributed by atoms with van der Waals surface area (Å²) in [6.07, 6.45) is -1.73. The van der Waals surface area contributed by atoms with E-state index in [0.29, 0.717) is 46.4 Å². The van der Waals surface area contributed by atoms with Crippen molar-refractivity contribution in [2.24, 2.45) is 0 Å². The maximum absolute atomic E-state index is 14.4. The number of ether oxygens (including phenoxy) is 2. The molecule has 1 saturated heterocycles. The van der Waals surface area contributed by atoms with Gasteiger partial charge in [-0.25, -0.2) is 8.78 Å². The van der Waals surface area contributed by atoms with Crippen LogP contribution < -0.4 is 0 Å². The summed E-state index contributed by atoms with van der Waals surface area (Å²) in [6, 6.07) is 7.57. The van der Waals surface area contributed by atoms with Gasteiger partial charge < -0.3 is 19.5 Å². The Morgan fingerprint density at radius 1 is 1.05 bits per heavy atom. The van der Waals surface area contributed by atoms with Crippen molar-refractivity contribution in [3.63, 3.8) is 0 Å². The van der Waals surface area contributed by atoms with E-state index < -0.39 is 54.8 Å². The Hall–Kier alpha value is -3.48. The first-order valence-corrected chi connectivity index (χ1v) is 13.3. The van der Waals surface area contributed by atoms with Gasteiger partial charge in [0.1, 0.15) is 36.7 Å². The van der Waals surface area contributed by atoms with Crippen LogP contribution in [0.15, 0.2) is 60.1 Å². The number of hydrogen-bond donors (Lipinski definition) is 1. The number of rotatable bonds is 6. The van der Waals surface area contributed by atoms with Crippen LogP contribution in [-0.2, 0) is 27.1 Å². The molecule has 1 aliphatic carbocycles. The number of aryl methyl sites for hydroxylation is 2. The van der Waals surface area contributed by atoms with Gasteiger partial charge in [0.05, 0.1) is 12.6 Å². The monoisotopic (exact) mass is 579 g/mol. The van der Waals surface area contributed by atoms with E-state index in [2.05, 4.69) is 0 Å². The first-order chi connectivity index (χ1) is 19.6. The molecule has 1 N–H and O–H groups in total. The average Bonchev–Trinajstić information content (AvgIpc) is 3.05. The zero-order valence-electron chi connectivity index (χ0n) is 22.3. The Labute approximate surface area is 234 Å². The number of carbonyl (C=O) groups excluding carboxylic acids is 1. The van der Waals surface area contributed by atoms with Gasteiger partial charge in [-0.2, -0.15) is 18.2 Å². The van der Waals surface area contributed by atoms with E-state index in [-0.39, 0.29) is 25.3 Å². The molecule has 1 fully saturated rings. The lowest BCUT2D eigenvalue weighted by Crippen LogP contribution is -2.65. The molecule has 2 heterocycles. The van der Waals surface area contributed by atoms with Gasteiger partial charge in [0.25, 0.3) is 5.91 Å². The van der Waals surface area contributed by atoms with Crippen LogP contribution >= 0.6 is 0 Å². The maximum atomic E-state index is 14.4. The second-order valence-electron chi connectivity index (χ2n) is 10.2. The fourth-order valence-corrected chi connectivity index (χ4v) is 5.82. The number of benzene rings is 2. The highest BCUT2D eigenvalue weighted by molar-refractivity contribution is 5.94. The molecule has 220 valence electrons. The van der Waals surface area contributed by atoms with Crippen LogP contribution in [0.25, 0.3) is 0 Å². The largest absolute Gasteiger partial charge is 0.507 e. The summed E-state index contributed by atoms with van der Waals surface area (Å²) in [7, 11) is 1.47. The smallest absolute Gasteiger partial charge is 0.406 e. The molecule has 7 nitrogen and oxygen atoms in total. The van der Waals surface area contributed by atoms with Crippen LogP contribution in [0.1, 0.15) is 41.1 Å². The lowest BCUT2D eigenvalue weighted by Gasteiger charge is -2.53. The predicted molar refractivity (Wildman–Crippen MR) is 138 cm³/mol. The number of fused-ring (bicyclic) bond motifs is 3. The molecule has 0 aromatic heterocycles. The van der Waals surface area contributed by atoms with Gasteiger partial charge in [0, 0.05) is 19.9 Å². The Kier molecular flexibility index (Phi) is 8.35. The summed E-state index contributed by atoms with van der Waals surface area (Å²) in [5, 5.41) is 13.9.